The first-order chi connectivity index (χ1) is 5.93. The molecule has 0 radical (unpaired) electrons. The van der Waals surface area contributed by atoms with Crippen molar-refractivity contribution in [3.8, 4) is 0 Å². The fourth-order valence-corrected chi connectivity index (χ4v) is 1.45. The maximum Gasteiger partial charge on any atom is 0.0495 e. The quantitative estimate of drug-likeness (QED) is 0.481. The van der Waals surface area contributed by atoms with Crippen LogP contribution in [0.2, 0.25) is 0 Å². The van der Waals surface area contributed by atoms with E-state index in [-0.39, 0.29) is 0 Å². The highest BCUT2D eigenvalue weighted by molar-refractivity contribution is 4.69. The van der Waals surface area contributed by atoms with E-state index in [1.54, 1.807) is 0 Å². The number of hydrogen-bond acceptors (Lipinski definition) is 2. The van der Waals surface area contributed by atoms with E-state index in [0.717, 1.165) is 38.6 Å². The molecule has 1 N–H and O–H groups in total. The Balaban J connectivity index is 1.84. The fourth-order valence-electron chi connectivity index (χ4n) is 1.45. The van der Waals surface area contributed by atoms with Gasteiger partial charge in [-0.2, -0.15) is 0 Å². The largest absolute Gasteiger partial charge is 0.381 e. The molecule has 1 aliphatic rings. The van der Waals surface area contributed by atoms with E-state index >= 15 is 0 Å². The zero-order chi connectivity index (χ0) is 8.65. The van der Waals surface area contributed by atoms with Crippen molar-refractivity contribution in [3.63, 3.8) is 0 Å². The molecule has 0 saturated carbocycles. The molecule has 0 amide bonds. The molecule has 12 heavy (non-hydrogen) atoms. The average molecular weight is 169 g/mol. The van der Waals surface area contributed by atoms with Crippen molar-refractivity contribution in [2.45, 2.75) is 19.3 Å². The zero-order valence-corrected chi connectivity index (χ0v) is 7.72. The fraction of sp³-hybridized carbons (Fsp3) is 0.800. The SMILES string of the molecule is C=CCCNCCC1CCOC1. The highest BCUT2D eigenvalue weighted by Gasteiger charge is 2.14. The first-order valence-corrected chi connectivity index (χ1v) is 4.83. The third-order valence-electron chi connectivity index (χ3n) is 2.28. The van der Waals surface area contributed by atoms with E-state index in [1.165, 1.54) is 12.8 Å². The van der Waals surface area contributed by atoms with Crippen LogP contribution in [0.3, 0.4) is 0 Å². The predicted octanol–water partition coefficient (Wildman–Crippen LogP) is 1.58. The summed E-state index contributed by atoms with van der Waals surface area (Å²) in [5.41, 5.74) is 0. The Hall–Kier alpha value is -0.340. The van der Waals surface area contributed by atoms with Crippen molar-refractivity contribution in [1.29, 1.82) is 0 Å². The summed E-state index contributed by atoms with van der Waals surface area (Å²) in [7, 11) is 0. The molecule has 0 aromatic carbocycles. The lowest BCUT2D eigenvalue weighted by Crippen LogP contribution is -2.19. The van der Waals surface area contributed by atoms with Gasteiger partial charge in [0.2, 0.25) is 0 Å². The van der Waals surface area contributed by atoms with Crippen molar-refractivity contribution in [1.82, 2.24) is 5.32 Å². The minimum atomic E-state index is 0.807. The number of rotatable bonds is 6. The molecule has 0 bridgehead atoms. The van der Waals surface area contributed by atoms with Gasteiger partial charge < -0.3 is 10.1 Å². The molecule has 1 rings (SSSR count). The Kier molecular flexibility index (Phi) is 5.04. The molecule has 1 aliphatic heterocycles. The van der Waals surface area contributed by atoms with Gasteiger partial charge in [0.05, 0.1) is 0 Å². The molecule has 1 atom stereocenters. The van der Waals surface area contributed by atoms with Gasteiger partial charge >= 0.3 is 0 Å². The molecule has 1 fully saturated rings. The molecule has 0 aromatic rings. The summed E-state index contributed by atoms with van der Waals surface area (Å²) in [6.45, 7) is 7.81. The van der Waals surface area contributed by atoms with E-state index < -0.39 is 0 Å². The summed E-state index contributed by atoms with van der Waals surface area (Å²) in [5.74, 6) is 0.807. The molecule has 0 aromatic heterocycles. The van der Waals surface area contributed by atoms with E-state index in [0.29, 0.717) is 0 Å². The molecule has 1 heterocycles. The van der Waals surface area contributed by atoms with E-state index in [9.17, 15) is 0 Å². The second-order valence-electron chi connectivity index (χ2n) is 3.35. The Morgan fingerprint density at radius 2 is 2.42 bits per heavy atom. The second-order valence-corrected chi connectivity index (χ2v) is 3.35. The summed E-state index contributed by atoms with van der Waals surface area (Å²) in [4.78, 5) is 0. The van der Waals surface area contributed by atoms with Crippen molar-refractivity contribution in [2.24, 2.45) is 5.92 Å². The van der Waals surface area contributed by atoms with Gasteiger partial charge in [0.15, 0.2) is 0 Å². The minimum Gasteiger partial charge on any atom is -0.381 e. The normalized spacial score (nSPS) is 22.8. The van der Waals surface area contributed by atoms with Crippen LogP contribution < -0.4 is 5.32 Å². The molecule has 0 spiro atoms. The van der Waals surface area contributed by atoms with Crippen LogP contribution in [0.25, 0.3) is 0 Å². The van der Waals surface area contributed by atoms with Crippen LogP contribution in [0.5, 0.6) is 0 Å². The second kappa shape index (κ2) is 6.21. The van der Waals surface area contributed by atoms with Gasteiger partial charge in [-0.1, -0.05) is 6.08 Å². The smallest absolute Gasteiger partial charge is 0.0495 e. The maximum atomic E-state index is 5.29. The highest BCUT2D eigenvalue weighted by Crippen LogP contribution is 2.14. The first kappa shape index (κ1) is 9.75. The standard InChI is InChI=1S/C10H19NO/c1-2-3-6-11-7-4-10-5-8-12-9-10/h2,10-11H,1,3-9H2. The van der Waals surface area contributed by atoms with E-state index in [1.807, 2.05) is 6.08 Å². The Labute approximate surface area is 75.0 Å². The Morgan fingerprint density at radius 1 is 1.50 bits per heavy atom. The van der Waals surface area contributed by atoms with Crippen LogP contribution >= 0.6 is 0 Å². The molecule has 1 unspecified atom stereocenters. The van der Waals surface area contributed by atoms with Crippen molar-refractivity contribution >= 4 is 0 Å². The Bertz CT molecular complexity index is 119. The van der Waals surface area contributed by atoms with Crippen molar-refractivity contribution in [3.05, 3.63) is 12.7 Å². The number of ether oxygens (including phenoxy) is 1. The van der Waals surface area contributed by atoms with Gasteiger partial charge in [0.25, 0.3) is 0 Å². The first-order valence-electron chi connectivity index (χ1n) is 4.83. The van der Waals surface area contributed by atoms with Crippen LogP contribution in [0.1, 0.15) is 19.3 Å². The third-order valence-corrected chi connectivity index (χ3v) is 2.28. The lowest BCUT2D eigenvalue weighted by Gasteiger charge is -2.07. The zero-order valence-electron chi connectivity index (χ0n) is 7.72. The van der Waals surface area contributed by atoms with Crippen LogP contribution in [-0.4, -0.2) is 26.3 Å². The van der Waals surface area contributed by atoms with Crippen LogP contribution in [-0.2, 0) is 4.74 Å². The van der Waals surface area contributed by atoms with E-state index in [4.69, 9.17) is 4.74 Å². The van der Waals surface area contributed by atoms with Gasteiger partial charge in [-0.25, -0.2) is 0 Å². The molecular weight excluding hydrogens is 150 g/mol. The van der Waals surface area contributed by atoms with Crippen LogP contribution in [0, 0.1) is 5.92 Å². The molecule has 1 saturated heterocycles. The lowest BCUT2D eigenvalue weighted by atomic mass is 10.1. The highest BCUT2D eigenvalue weighted by atomic mass is 16.5. The minimum absolute atomic E-state index is 0.807. The van der Waals surface area contributed by atoms with Crippen molar-refractivity contribution < 1.29 is 4.74 Å². The number of hydrogen-bond donors (Lipinski definition) is 1. The lowest BCUT2D eigenvalue weighted by molar-refractivity contribution is 0.184. The summed E-state index contributed by atoms with van der Waals surface area (Å²) in [6, 6.07) is 0. The third kappa shape index (κ3) is 3.88. The van der Waals surface area contributed by atoms with Gasteiger partial charge in [-0.15, -0.1) is 6.58 Å². The average Bonchev–Trinajstić information content (AvgIpc) is 2.57. The molecule has 2 heteroatoms. The van der Waals surface area contributed by atoms with Crippen LogP contribution in [0.4, 0.5) is 0 Å². The summed E-state index contributed by atoms with van der Waals surface area (Å²) < 4.78 is 5.29. The maximum absolute atomic E-state index is 5.29. The molecule has 0 aliphatic carbocycles. The van der Waals surface area contributed by atoms with Gasteiger partial charge in [-0.05, 0) is 38.3 Å². The summed E-state index contributed by atoms with van der Waals surface area (Å²) >= 11 is 0. The monoisotopic (exact) mass is 169 g/mol. The predicted molar refractivity (Wildman–Crippen MR) is 51.2 cm³/mol. The van der Waals surface area contributed by atoms with Gasteiger partial charge in [-0.3, -0.25) is 0 Å². The van der Waals surface area contributed by atoms with Gasteiger partial charge in [0, 0.05) is 13.2 Å². The van der Waals surface area contributed by atoms with Crippen LogP contribution in [0.15, 0.2) is 12.7 Å². The summed E-state index contributed by atoms with van der Waals surface area (Å²) in [6.07, 6.45) is 5.53. The number of nitrogens with one attached hydrogen (secondary N) is 1. The molecule has 70 valence electrons. The van der Waals surface area contributed by atoms with Crippen molar-refractivity contribution in [2.75, 3.05) is 26.3 Å². The summed E-state index contributed by atoms with van der Waals surface area (Å²) in [5, 5.41) is 3.39. The molecular formula is C10H19NO. The molecule has 2 nitrogen and oxygen atoms in total. The Morgan fingerprint density at radius 3 is 3.08 bits per heavy atom. The van der Waals surface area contributed by atoms with Gasteiger partial charge in [0.1, 0.15) is 0 Å². The topological polar surface area (TPSA) is 21.3 Å². The van der Waals surface area contributed by atoms with E-state index in [2.05, 4.69) is 11.9 Å².